The number of carboxylic acid groups (broad SMARTS) is 1. The first kappa shape index (κ1) is 33.6. The van der Waals surface area contributed by atoms with Gasteiger partial charge in [-0.3, -0.25) is 14.4 Å². The number of aromatic nitrogens is 2. The highest BCUT2D eigenvalue weighted by Gasteiger charge is 2.32. The van der Waals surface area contributed by atoms with Crippen LogP contribution in [0.2, 0.25) is 0 Å². The van der Waals surface area contributed by atoms with Gasteiger partial charge in [0.15, 0.2) is 0 Å². The van der Waals surface area contributed by atoms with Crippen LogP contribution in [-0.2, 0) is 32.0 Å². The number of benzene rings is 2. The molecule has 4 rings (SSSR count). The lowest BCUT2D eigenvalue weighted by atomic mass is 9.98. The quantitative estimate of drug-likeness (QED) is 0.0988. The first-order valence-corrected chi connectivity index (χ1v) is 16.5. The molecule has 12 heteroatoms. The highest BCUT2D eigenvalue weighted by Crippen LogP contribution is 2.21. The summed E-state index contributed by atoms with van der Waals surface area (Å²) in [6.07, 6.45) is 6.58. The number of carboxylic acids is 1. The van der Waals surface area contributed by atoms with E-state index in [1.165, 1.54) is 11.8 Å². The molecule has 0 aliphatic rings. The molecule has 2 heterocycles. The second kappa shape index (κ2) is 15.6. The topological polar surface area (TPSA) is 182 Å². The molecule has 0 bridgehead atoms. The molecule has 4 aromatic rings. The molecule has 0 spiro atoms. The molecule has 11 nitrogen and oxygen atoms in total. The lowest BCUT2D eigenvalue weighted by Crippen LogP contribution is -2.58. The van der Waals surface area contributed by atoms with Crippen molar-refractivity contribution in [3.63, 3.8) is 0 Å². The fourth-order valence-corrected chi connectivity index (χ4v) is 5.75. The van der Waals surface area contributed by atoms with Crippen LogP contribution in [0.1, 0.15) is 37.8 Å². The minimum absolute atomic E-state index is 0.0566. The van der Waals surface area contributed by atoms with E-state index in [0.717, 1.165) is 32.9 Å². The number of hydrogen-bond acceptors (Lipinski definition) is 6. The third-order valence-corrected chi connectivity index (χ3v) is 8.89. The van der Waals surface area contributed by atoms with Crippen LogP contribution in [-0.4, -0.2) is 74.9 Å². The Morgan fingerprint density at radius 1 is 0.800 bits per heavy atom. The van der Waals surface area contributed by atoms with E-state index < -0.39 is 47.9 Å². The van der Waals surface area contributed by atoms with E-state index >= 15 is 0 Å². The van der Waals surface area contributed by atoms with Crippen molar-refractivity contribution in [2.24, 2.45) is 11.7 Å². The molecular weight excluding hydrogens is 592 g/mol. The summed E-state index contributed by atoms with van der Waals surface area (Å²) in [5, 5.41) is 20.0. The molecule has 8 N–H and O–H groups in total. The Bertz CT molecular complexity index is 1630. The molecule has 5 atom stereocenters. The minimum atomic E-state index is -1.22. The zero-order valence-corrected chi connectivity index (χ0v) is 26.6. The third kappa shape index (κ3) is 8.46. The Kier molecular flexibility index (Phi) is 11.7. The van der Waals surface area contributed by atoms with Crippen LogP contribution in [0.25, 0.3) is 21.8 Å². The van der Waals surface area contributed by atoms with Gasteiger partial charge in [0.25, 0.3) is 0 Å². The molecule has 5 unspecified atom stereocenters. The standard InChI is InChI=1S/C33H42N6O5S/c1-4-19(2)29(34)32(42)38-27(15-20-17-35-24-11-7-5-9-22(20)24)31(41)37-26(13-14-45-3)30(40)39-28(33(43)44)16-21-18-36-25-12-8-6-10-23(21)25/h5-12,17-19,26-29,35-36H,4,13-16,34H2,1-3H3,(H,37,41)(H,38,42)(H,39,40)(H,43,44). The van der Waals surface area contributed by atoms with Crippen LogP contribution in [0, 0.1) is 5.92 Å². The van der Waals surface area contributed by atoms with Gasteiger partial charge in [-0.1, -0.05) is 56.7 Å². The normalized spacial score (nSPS) is 14.8. The summed E-state index contributed by atoms with van der Waals surface area (Å²) in [6.45, 7) is 3.81. The number of aliphatic carboxylic acids is 1. The highest BCUT2D eigenvalue weighted by molar-refractivity contribution is 7.98. The number of rotatable bonds is 16. The molecule has 2 aromatic heterocycles. The van der Waals surface area contributed by atoms with Gasteiger partial charge >= 0.3 is 5.97 Å². The molecular formula is C33H42N6O5S. The van der Waals surface area contributed by atoms with Gasteiger partial charge in [0, 0.05) is 47.0 Å². The number of hydrogen-bond donors (Lipinski definition) is 7. The zero-order chi connectivity index (χ0) is 32.5. The van der Waals surface area contributed by atoms with Crippen LogP contribution < -0.4 is 21.7 Å². The van der Waals surface area contributed by atoms with Gasteiger partial charge < -0.3 is 36.8 Å². The second-order valence-electron chi connectivity index (χ2n) is 11.3. The first-order chi connectivity index (χ1) is 21.6. The summed E-state index contributed by atoms with van der Waals surface area (Å²) in [6, 6.07) is 11.1. The number of nitrogens with two attached hydrogens (primary N) is 1. The number of aromatic amines is 2. The Hall–Kier alpha value is -4.29. The Morgan fingerprint density at radius 3 is 1.82 bits per heavy atom. The number of thioether (sulfide) groups is 1. The van der Waals surface area contributed by atoms with Crippen LogP contribution >= 0.6 is 11.8 Å². The van der Waals surface area contributed by atoms with Crippen LogP contribution in [0.4, 0.5) is 0 Å². The number of carbonyl (C=O) groups excluding carboxylic acids is 3. The summed E-state index contributed by atoms with van der Waals surface area (Å²) < 4.78 is 0. The molecule has 0 radical (unpaired) electrons. The lowest BCUT2D eigenvalue weighted by molar-refractivity contribution is -0.142. The predicted molar refractivity (Wildman–Crippen MR) is 178 cm³/mol. The SMILES string of the molecule is CCC(C)C(N)C(=O)NC(Cc1c[nH]c2ccccc12)C(=O)NC(CCSC)C(=O)NC(Cc1c[nH]c2ccccc12)C(=O)O. The zero-order valence-electron chi connectivity index (χ0n) is 25.8. The monoisotopic (exact) mass is 634 g/mol. The largest absolute Gasteiger partial charge is 0.480 e. The molecule has 3 amide bonds. The van der Waals surface area contributed by atoms with Crippen molar-refractivity contribution >= 4 is 57.3 Å². The van der Waals surface area contributed by atoms with Gasteiger partial charge in [0.2, 0.25) is 17.7 Å². The highest BCUT2D eigenvalue weighted by atomic mass is 32.2. The van der Waals surface area contributed by atoms with Gasteiger partial charge in [0.05, 0.1) is 6.04 Å². The fourth-order valence-electron chi connectivity index (χ4n) is 5.28. The van der Waals surface area contributed by atoms with Crippen LogP contribution in [0.15, 0.2) is 60.9 Å². The number of nitrogens with one attached hydrogen (secondary N) is 5. The van der Waals surface area contributed by atoms with Crippen molar-refractivity contribution in [2.75, 3.05) is 12.0 Å². The number of para-hydroxylation sites is 2. The van der Waals surface area contributed by atoms with Crippen molar-refractivity contribution < 1.29 is 24.3 Å². The van der Waals surface area contributed by atoms with Gasteiger partial charge in [-0.25, -0.2) is 4.79 Å². The van der Waals surface area contributed by atoms with Crippen LogP contribution in [0.5, 0.6) is 0 Å². The van der Waals surface area contributed by atoms with Crippen molar-refractivity contribution in [3.8, 4) is 0 Å². The van der Waals surface area contributed by atoms with E-state index in [0.29, 0.717) is 12.2 Å². The maximum absolute atomic E-state index is 13.8. The number of fused-ring (bicyclic) bond motifs is 2. The molecule has 0 saturated carbocycles. The smallest absolute Gasteiger partial charge is 0.326 e. The maximum Gasteiger partial charge on any atom is 0.326 e. The van der Waals surface area contributed by atoms with E-state index in [-0.39, 0.29) is 25.2 Å². The minimum Gasteiger partial charge on any atom is -0.480 e. The Labute approximate surface area is 266 Å². The molecule has 240 valence electrons. The maximum atomic E-state index is 13.8. The molecule has 0 aliphatic carbocycles. The fraction of sp³-hybridized carbons (Fsp3) is 0.394. The van der Waals surface area contributed by atoms with E-state index in [1.807, 2.05) is 68.6 Å². The molecule has 0 fully saturated rings. The average Bonchev–Trinajstić information content (AvgIpc) is 3.65. The number of carbonyl (C=O) groups is 4. The number of H-pyrrole nitrogens is 2. The van der Waals surface area contributed by atoms with Gasteiger partial charge in [-0.15, -0.1) is 0 Å². The second-order valence-corrected chi connectivity index (χ2v) is 12.3. The summed E-state index contributed by atoms with van der Waals surface area (Å²) in [7, 11) is 0. The third-order valence-electron chi connectivity index (χ3n) is 8.25. The Morgan fingerprint density at radius 2 is 1.29 bits per heavy atom. The summed E-state index contributed by atoms with van der Waals surface area (Å²) >= 11 is 1.50. The average molecular weight is 635 g/mol. The summed E-state index contributed by atoms with van der Waals surface area (Å²) in [5.41, 5.74) is 9.52. The Balaban J connectivity index is 1.54. The molecule has 45 heavy (non-hydrogen) atoms. The van der Waals surface area contributed by atoms with E-state index in [1.54, 1.807) is 12.4 Å². The molecule has 0 saturated heterocycles. The van der Waals surface area contributed by atoms with Crippen LogP contribution in [0.3, 0.4) is 0 Å². The lowest BCUT2D eigenvalue weighted by Gasteiger charge is -2.26. The van der Waals surface area contributed by atoms with Crippen molar-refractivity contribution in [1.82, 2.24) is 25.9 Å². The van der Waals surface area contributed by atoms with Gasteiger partial charge in [0.1, 0.15) is 18.1 Å². The first-order valence-electron chi connectivity index (χ1n) is 15.1. The number of amides is 3. The van der Waals surface area contributed by atoms with E-state index in [4.69, 9.17) is 5.73 Å². The molecule has 0 aliphatic heterocycles. The van der Waals surface area contributed by atoms with Gasteiger partial charge in [-0.2, -0.15) is 11.8 Å². The summed E-state index contributed by atoms with van der Waals surface area (Å²) in [4.78, 5) is 59.1. The van der Waals surface area contributed by atoms with E-state index in [9.17, 15) is 24.3 Å². The van der Waals surface area contributed by atoms with Crippen molar-refractivity contribution in [2.45, 2.75) is 63.7 Å². The van der Waals surface area contributed by atoms with E-state index in [2.05, 4.69) is 25.9 Å². The van der Waals surface area contributed by atoms with Crippen molar-refractivity contribution in [3.05, 3.63) is 72.1 Å². The predicted octanol–water partition coefficient (Wildman–Crippen LogP) is 3.10. The van der Waals surface area contributed by atoms with Crippen molar-refractivity contribution in [1.29, 1.82) is 0 Å². The van der Waals surface area contributed by atoms with Gasteiger partial charge in [-0.05, 0) is 47.6 Å². The molecule has 2 aromatic carbocycles. The summed E-state index contributed by atoms with van der Waals surface area (Å²) in [5.74, 6) is -2.39.